The predicted octanol–water partition coefficient (Wildman–Crippen LogP) is -0.00822. The van der Waals surface area contributed by atoms with Crippen molar-refractivity contribution in [3.05, 3.63) is 23.8 Å². The van der Waals surface area contributed by atoms with Crippen LogP contribution in [-0.2, 0) is 9.59 Å². The van der Waals surface area contributed by atoms with Crippen LogP contribution < -0.4 is 16.0 Å². The van der Waals surface area contributed by atoms with Gasteiger partial charge in [-0.05, 0) is 25.1 Å². The summed E-state index contributed by atoms with van der Waals surface area (Å²) in [7, 11) is 0. The maximum absolute atomic E-state index is 11.6. The van der Waals surface area contributed by atoms with E-state index in [-0.39, 0.29) is 18.4 Å². The van der Waals surface area contributed by atoms with E-state index in [0.29, 0.717) is 16.9 Å². The standard InChI is InChI=1S/C12H12N4O2/c1-7-12(18)15-11(17)6-16(7)10-3-2-9(14)4-8(10)5-13/h2-4,7H,6,14H2,1H3,(H,15,17,18). The lowest BCUT2D eigenvalue weighted by Crippen LogP contribution is -2.57. The number of hydrogen-bond acceptors (Lipinski definition) is 5. The zero-order valence-electron chi connectivity index (χ0n) is 9.80. The van der Waals surface area contributed by atoms with Gasteiger partial charge < -0.3 is 10.6 Å². The van der Waals surface area contributed by atoms with Crippen LogP contribution in [0.5, 0.6) is 0 Å². The monoisotopic (exact) mass is 244 g/mol. The number of carbonyl (C=O) groups is 2. The molecule has 0 aliphatic carbocycles. The molecule has 1 saturated heterocycles. The lowest BCUT2D eigenvalue weighted by molar-refractivity contribution is -0.132. The number of nitrogens with one attached hydrogen (secondary N) is 1. The summed E-state index contributed by atoms with van der Waals surface area (Å²) >= 11 is 0. The zero-order valence-corrected chi connectivity index (χ0v) is 9.80. The van der Waals surface area contributed by atoms with E-state index < -0.39 is 6.04 Å². The molecule has 0 bridgehead atoms. The third kappa shape index (κ3) is 1.98. The minimum absolute atomic E-state index is 0.0471. The average Bonchev–Trinajstić information content (AvgIpc) is 2.34. The summed E-state index contributed by atoms with van der Waals surface area (Å²) in [6.45, 7) is 1.73. The van der Waals surface area contributed by atoms with Gasteiger partial charge in [0.1, 0.15) is 12.1 Å². The van der Waals surface area contributed by atoms with Crippen molar-refractivity contribution < 1.29 is 9.59 Å². The molecule has 1 aliphatic rings. The van der Waals surface area contributed by atoms with Crippen molar-refractivity contribution in [3.8, 4) is 6.07 Å². The van der Waals surface area contributed by atoms with Gasteiger partial charge in [0.25, 0.3) is 0 Å². The first-order valence-corrected chi connectivity index (χ1v) is 5.43. The molecule has 92 valence electrons. The van der Waals surface area contributed by atoms with Crippen molar-refractivity contribution in [1.82, 2.24) is 5.32 Å². The van der Waals surface area contributed by atoms with E-state index >= 15 is 0 Å². The summed E-state index contributed by atoms with van der Waals surface area (Å²) < 4.78 is 0. The Hall–Kier alpha value is -2.55. The first kappa shape index (κ1) is 11.9. The third-order valence-corrected chi connectivity index (χ3v) is 2.87. The number of piperazine rings is 1. The quantitative estimate of drug-likeness (QED) is 0.534. The lowest BCUT2D eigenvalue weighted by atomic mass is 10.1. The van der Waals surface area contributed by atoms with Crippen molar-refractivity contribution >= 4 is 23.2 Å². The van der Waals surface area contributed by atoms with Crippen LogP contribution in [-0.4, -0.2) is 24.4 Å². The lowest BCUT2D eigenvalue weighted by Gasteiger charge is -2.34. The fraction of sp³-hybridized carbons (Fsp3) is 0.250. The highest BCUT2D eigenvalue weighted by molar-refractivity contribution is 6.04. The molecule has 3 N–H and O–H groups in total. The number of anilines is 2. The van der Waals surface area contributed by atoms with Gasteiger partial charge >= 0.3 is 0 Å². The number of carbonyl (C=O) groups excluding carboxylic acids is 2. The number of imide groups is 1. The van der Waals surface area contributed by atoms with E-state index in [0.717, 1.165) is 0 Å². The van der Waals surface area contributed by atoms with E-state index in [1.165, 1.54) is 6.07 Å². The van der Waals surface area contributed by atoms with Gasteiger partial charge in [0.2, 0.25) is 11.8 Å². The summed E-state index contributed by atoms with van der Waals surface area (Å²) in [5.41, 5.74) is 6.97. The van der Waals surface area contributed by atoms with Gasteiger partial charge in [-0.3, -0.25) is 14.9 Å². The topological polar surface area (TPSA) is 99.2 Å². The normalized spacial score (nSPS) is 19.3. The van der Waals surface area contributed by atoms with Crippen molar-refractivity contribution in [2.24, 2.45) is 0 Å². The van der Waals surface area contributed by atoms with E-state index in [2.05, 4.69) is 5.32 Å². The fourth-order valence-corrected chi connectivity index (χ4v) is 1.90. The van der Waals surface area contributed by atoms with Crippen LogP contribution in [0.2, 0.25) is 0 Å². The molecule has 1 aliphatic heterocycles. The second-order valence-corrected chi connectivity index (χ2v) is 4.10. The van der Waals surface area contributed by atoms with Crippen LogP contribution in [0.15, 0.2) is 18.2 Å². The minimum atomic E-state index is -0.501. The van der Waals surface area contributed by atoms with Crippen molar-refractivity contribution in [2.45, 2.75) is 13.0 Å². The molecule has 6 heteroatoms. The van der Waals surface area contributed by atoms with E-state index in [1.807, 2.05) is 6.07 Å². The van der Waals surface area contributed by atoms with Gasteiger partial charge in [-0.25, -0.2) is 0 Å². The Morgan fingerprint density at radius 3 is 2.89 bits per heavy atom. The summed E-state index contributed by atoms with van der Waals surface area (Å²) in [6, 6.07) is 6.33. The third-order valence-electron chi connectivity index (χ3n) is 2.87. The molecular weight excluding hydrogens is 232 g/mol. The number of nitrogen functional groups attached to an aromatic ring is 1. The smallest absolute Gasteiger partial charge is 0.249 e. The number of hydrogen-bond donors (Lipinski definition) is 2. The Morgan fingerprint density at radius 2 is 2.22 bits per heavy atom. The van der Waals surface area contributed by atoms with Crippen molar-refractivity contribution in [2.75, 3.05) is 17.2 Å². The molecule has 1 heterocycles. The van der Waals surface area contributed by atoms with Gasteiger partial charge in [0.05, 0.1) is 17.8 Å². The Balaban J connectivity index is 2.44. The molecule has 2 rings (SSSR count). The van der Waals surface area contributed by atoms with Gasteiger partial charge in [0.15, 0.2) is 0 Å². The molecule has 1 aromatic carbocycles. The number of nitrogens with two attached hydrogens (primary N) is 1. The fourth-order valence-electron chi connectivity index (χ4n) is 1.90. The molecule has 2 amide bonds. The van der Waals surface area contributed by atoms with Crippen LogP contribution in [0.4, 0.5) is 11.4 Å². The van der Waals surface area contributed by atoms with Crippen LogP contribution in [0.1, 0.15) is 12.5 Å². The number of amides is 2. The van der Waals surface area contributed by atoms with Gasteiger partial charge in [0, 0.05) is 5.69 Å². The number of nitriles is 1. The second kappa shape index (κ2) is 4.37. The molecular formula is C12H12N4O2. The highest BCUT2D eigenvalue weighted by Crippen LogP contribution is 2.25. The van der Waals surface area contributed by atoms with E-state index in [4.69, 9.17) is 11.0 Å². The molecule has 6 nitrogen and oxygen atoms in total. The molecule has 1 aromatic rings. The van der Waals surface area contributed by atoms with Gasteiger partial charge in [-0.1, -0.05) is 0 Å². The van der Waals surface area contributed by atoms with E-state index in [9.17, 15) is 9.59 Å². The number of nitrogens with zero attached hydrogens (tertiary/aromatic N) is 2. The molecule has 0 radical (unpaired) electrons. The molecule has 0 saturated carbocycles. The largest absolute Gasteiger partial charge is 0.399 e. The first-order chi connectivity index (χ1) is 8.52. The maximum atomic E-state index is 11.6. The predicted molar refractivity (Wildman–Crippen MR) is 65.5 cm³/mol. The molecule has 0 aromatic heterocycles. The van der Waals surface area contributed by atoms with E-state index in [1.54, 1.807) is 24.0 Å². The Labute approximate surface area is 104 Å². The second-order valence-electron chi connectivity index (χ2n) is 4.10. The van der Waals surface area contributed by atoms with Crippen LogP contribution >= 0.6 is 0 Å². The summed E-state index contributed by atoms with van der Waals surface area (Å²) in [4.78, 5) is 24.6. The molecule has 0 spiro atoms. The minimum Gasteiger partial charge on any atom is -0.399 e. The molecule has 18 heavy (non-hydrogen) atoms. The summed E-state index contributed by atoms with van der Waals surface area (Å²) in [5, 5.41) is 11.3. The maximum Gasteiger partial charge on any atom is 0.249 e. The van der Waals surface area contributed by atoms with Crippen molar-refractivity contribution in [1.29, 1.82) is 5.26 Å². The molecule has 1 atom stereocenters. The highest BCUT2D eigenvalue weighted by atomic mass is 16.2. The Kier molecular flexibility index (Phi) is 2.90. The van der Waals surface area contributed by atoms with Gasteiger partial charge in [-0.15, -0.1) is 0 Å². The Bertz CT molecular complexity index is 562. The molecule has 1 unspecified atom stereocenters. The highest BCUT2D eigenvalue weighted by Gasteiger charge is 2.31. The summed E-state index contributed by atoms with van der Waals surface area (Å²) in [5.74, 6) is -0.745. The van der Waals surface area contributed by atoms with Crippen molar-refractivity contribution in [3.63, 3.8) is 0 Å². The molecule has 1 fully saturated rings. The summed E-state index contributed by atoms with van der Waals surface area (Å²) in [6.07, 6.45) is 0. The van der Waals surface area contributed by atoms with Crippen LogP contribution in [0.3, 0.4) is 0 Å². The van der Waals surface area contributed by atoms with Gasteiger partial charge in [-0.2, -0.15) is 5.26 Å². The first-order valence-electron chi connectivity index (χ1n) is 5.43. The average molecular weight is 244 g/mol. The van der Waals surface area contributed by atoms with Crippen LogP contribution in [0.25, 0.3) is 0 Å². The zero-order chi connectivity index (χ0) is 13.3. The number of rotatable bonds is 1. The SMILES string of the molecule is CC1C(=O)NC(=O)CN1c1ccc(N)cc1C#N. The Morgan fingerprint density at radius 1 is 1.50 bits per heavy atom. The van der Waals surface area contributed by atoms with Crippen LogP contribution in [0, 0.1) is 11.3 Å². The number of benzene rings is 1.